The van der Waals surface area contributed by atoms with Gasteiger partial charge in [-0.1, -0.05) is 53.6 Å². The summed E-state index contributed by atoms with van der Waals surface area (Å²) in [6.45, 7) is 6.89. The third kappa shape index (κ3) is 5.13. The van der Waals surface area contributed by atoms with Gasteiger partial charge in [-0.05, 0) is 50.5 Å². The second kappa shape index (κ2) is 7.28. The number of halogens is 1. The molecule has 0 heterocycles. The molecule has 0 radical (unpaired) electrons. The topological polar surface area (TPSA) is 32.3 Å². The molecule has 1 unspecified atom stereocenters. The number of β-amino-alcohol motifs (C(OH)–C–C–N with tert-alkyl or cyclic N) is 1. The summed E-state index contributed by atoms with van der Waals surface area (Å²) in [6, 6.07) is 16.0. The zero-order valence-electron chi connectivity index (χ0n) is 13.4. The minimum absolute atomic E-state index is 0.0885. The first kappa shape index (κ1) is 17.0. The van der Waals surface area contributed by atoms with E-state index in [0.29, 0.717) is 11.6 Å². The number of rotatable bonds is 6. The van der Waals surface area contributed by atoms with Gasteiger partial charge in [0.15, 0.2) is 0 Å². The summed E-state index contributed by atoms with van der Waals surface area (Å²) in [5.74, 6) is 0. The first-order valence-corrected chi connectivity index (χ1v) is 7.98. The Morgan fingerprint density at radius 1 is 1.14 bits per heavy atom. The Balaban J connectivity index is 1.92. The quantitative estimate of drug-likeness (QED) is 0.833. The molecule has 0 amide bonds. The summed E-state index contributed by atoms with van der Waals surface area (Å²) >= 11 is 5.97. The molecule has 0 saturated carbocycles. The summed E-state index contributed by atoms with van der Waals surface area (Å²) in [4.78, 5) is 0. The van der Waals surface area contributed by atoms with Crippen molar-refractivity contribution in [3.63, 3.8) is 0 Å². The van der Waals surface area contributed by atoms with E-state index in [4.69, 9.17) is 11.6 Å². The SMILES string of the molecule is Cc1ccc(CC(C)(C)NCC(O)c2cccc(Cl)c2)cc1. The molecule has 2 rings (SSSR count). The second-order valence-electron chi connectivity index (χ2n) is 6.50. The number of hydrogen-bond donors (Lipinski definition) is 2. The monoisotopic (exact) mass is 317 g/mol. The average Bonchev–Trinajstić information content (AvgIpc) is 2.47. The van der Waals surface area contributed by atoms with E-state index in [9.17, 15) is 5.11 Å². The van der Waals surface area contributed by atoms with Gasteiger partial charge in [-0.15, -0.1) is 0 Å². The van der Waals surface area contributed by atoms with Crippen molar-refractivity contribution < 1.29 is 5.11 Å². The van der Waals surface area contributed by atoms with Crippen molar-refractivity contribution in [2.45, 2.75) is 38.8 Å². The Morgan fingerprint density at radius 3 is 2.45 bits per heavy atom. The van der Waals surface area contributed by atoms with Gasteiger partial charge in [0.1, 0.15) is 0 Å². The van der Waals surface area contributed by atoms with Gasteiger partial charge in [-0.25, -0.2) is 0 Å². The van der Waals surface area contributed by atoms with E-state index in [1.165, 1.54) is 11.1 Å². The lowest BCUT2D eigenvalue weighted by atomic mass is 9.94. The molecule has 0 aliphatic heterocycles. The van der Waals surface area contributed by atoms with Gasteiger partial charge in [0.05, 0.1) is 6.10 Å². The molecule has 3 heteroatoms. The molecule has 2 N–H and O–H groups in total. The predicted octanol–water partition coefficient (Wildman–Crippen LogP) is 4.29. The molecule has 0 aliphatic carbocycles. The van der Waals surface area contributed by atoms with Crippen molar-refractivity contribution in [3.05, 3.63) is 70.2 Å². The summed E-state index contributed by atoms with van der Waals surface area (Å²) < 4.78 is 0. The summed E-state index contributed by atoms with van der Waals surface area (Å²) in [5.41, 5.74) is 3.31. The van der Waals surface area contributed by atoms with Crippen molar-refractivity contribution in [2.75, 3.05) is 6.54 Å². The Hall–Kier alpha value is -1.35. The molecule has 1 atom stereocenters. The minimum atomic E-state index is -0.559. The van der Waals surface area contributed by atoms with Crippen LogP contribution in [-0.4, -0.2) is 17.2 Å². The van der Waals surface area contributed by atoms with E-state index in [1.807, 2.05) is 18.2 Å². The van der Waals surface area contributed by atoms with Crippen LogP contribution >= 0.6 is 11.6 Å². The molecule has 118 valence electrons. The molecule has 0 spiro atoms. The highest BCUT2D eigenvalue weighted by atomic mass is 35.5. The van der Waals surface area contributed by atoms with Crippen LogP contribution in [0.4, 0.5) is 0 Å². The van der Waals surface area contributed by atoms with Crippen LogP contribution in [0.5, 0.6) is 0 Å². The standard InChI is InChI=1S/C19H24ClNO/c1-14-7-9-15(10-8-14)12-19(2,3)21-13-18(22)16-5-4-6-17(20)11-16/h4-11,18,21-22H,12-13H2,1-3H3. The Bertz CT molecular complexity index is 607. The van der Waals surface area contributed by atoms with E-state index in [-0.39, 0.29) is 5.54 Å². The van der Waals surface area contributed by atoms with Crippen molar-refractivity contribution >= 4 is 11.6 Å². The van der Waals surface area contributed by atoms with E-state index in [1.54, 1.807) is 6.07 Å². The molecule has 22 heavy (non-hydrogen) atoms. The van der Waals surface area contributed by atoms with Crippen LogP contribution in [0.25, 0.3) is 0 Å². The van der Waals surface area contributed by atoms with Crippen molar-refractivity contribution in [3.8, 4) is 0 Å². The lowest BCUT2D eigenvalue weighted by Gasteiger charge is -2.28. The van der Waals surface area contributed by atoms with Crippen LogP contribution in [0.2, 0.25) is 5.02 Å². The number of nitrogens with one attached hydrogen (secondary N) is 1. The molecule has 0 aromatic heterocycles. The number of aliphatic hydroxyl groups is 1. The van der Waals surface area contributed by atoms with E-state index >= 15 is 0 Å². The van der Waals surface area contributed by atoms with Gasteiger partial charge < -0.3 is 10.4 Å². The van der Waals surface area contributed by atoms with E-state index in [0.717, 1.165) is 12.0 Å². The Kier molecular flexibility index (Phi) is 5.63. The third-order valence-corrected chi connectivity index (χ3v) is 4.01. The van der Waals surface area contributed by atoms with Gasteiger partial charge >= 0.3 is 0 Å². The van der Waals surface area contributed by atoms with Crippen LogP contribution in [0, 0.1) is 6.92 Å². The predicted molar refractivity (Wildman–Crippen MR) is 93.4 cm³/mol. The average molecular weight is 318 g/mol. The lowest BCUT2D eigenvalue weighted by molar-refractivity contribution is 0.160. The first-order valence-electron chi connectivity index (χ1n) is 7.60. The number of hydrogen-bond acceptors (Lipinski definition) is 2. The summed E-state index contributed by atoms with van der Waals surface area (Å²) in [5, 5.41) is 14.4. The van der Waals surface area contributed by atoms with Crippen LogP contribution in [-0.2, 0) is 6.42 Å². The lowest BCUT2D eigenvalue weighted by Crippen LogP contribution is -2.43. The fourth-order valence-corrected chi connectivity index (χ4v) is 2.68. The molecule has 2 aromatic carbocycles. The highest BCUT2D eigenvalue weighted by Gasteiger charge is 2.19. The molecule has 0 fully saturated rings. The maximum absolute atomic E-state index is 10.3. The summed E-state index contributed by atoms with van der Waals surface area (Å²) in [7, 11) is 0. The van der Waals surface area contributed by atoms with Crippen LogP contribution in [0.15, 0.2) is 48.5 Å². The molecule has 0 saturated heterocycles. The van der Waals surface area contributed by atoms with Crippen molar-refractivity contribution in [1.29, 1.82) is 0 Å². The van der Waals surface area contributed by atoms with E-state index in [2.05, 4.69) is 50.4 Å². The zero-order valence-corrected chi connectivity index (χ0v) is 14.2. The van der Waals surface area contributed by atoms with Crippen LogP contribution in [0.3, 0.4) is 0 Å². The van der Waals surface area contributed by atoms with Crippen LogP contribution in [0.1, 0.15) is 36.6 Å². The number of aliphatic hydroxyl groups excluding tert-OH is 1. The molecule has 2 aromatic rings. The molecule has 2 nitrogen and oxygen atoms in total. The Morgan fingerprint density at radius 2 is 1.82 bits per heavy atom. The molecular weight excluding hydrogens is 294 g/mol. The number of benzene rings is 2. The second-order valence-corrected chi connectivity index (χ2v) is 6.93. The molecule has 0 aliphatic rings. The third-order valence-electron chi connectivity index (χ3n) is 3.77. The smallest absolute Gasteiger partial charge is 0.0915 e. The molecule has 0 bridgehead atoms. The maximum Gasteiger partial charge on any atom is 0.0915 e. The minimum Gasteiger partial charge on any atom is -0.387 e. The first-order chi connectivity index (χ1) is 10.4. The van der Waals surface area contributed by atoms with Crippen molar-refractivity contribution in [2.24, 2.45) is 0 Å². The van der Waals surface area contributed by atoms with Gasteiger partial charge in [0.2, 0.25) is 0 Å². The van der Waals surface area contributed by atoms with Crippen molar-refractivity contribution in [1.82, 2.24) is 5.32 Å². The van der Waals surface area contributed by atoms with Gasteiger partial charge in [-0.2, -0.15) is 0 Å². The Labute approximate surface area is 138 Å². The van der Waals surface area contributed by atoms with Gasteiger partial charge in [0.25, 0.3) is 0 Å². The summed E-state index contributed by atoms with van der Waals surface area (Å²) in [6.07, 6.45) is 0.353. The zero-order chi connectivity index (χ0) is 16.2. The highest BCUT2D eigenvalue weighted by Crippen LogP contribution is 2.19. The van der Waals surface area contributed by atoms with Gasteiger partial charge in [-0.3, -0.25) is 0 Å². The fourth-order valence-electron chi connectivity index (χ4n) is 2.48. The van der Waals surface area contributed by atoms with Crippen LogP contribution < -0.4 is 5.32 Å². The maximum atomic E-state index is 10.3. The van der Waals surface area contributed by atoms with Gasteiger partial charge in [0, 0.05) is 17.1 Å². The largest absolute Gasteiger partial charge is 0.387 e. The number of aryl methyl sites for hydroxylation is 1. The van der Waals surface area contributed by atoms with E-state index < -0.39 is 6.10 Å². The molecular formula is C19H24ClNO. The fraction of sp³-hybridized carbons (Fsp3) is 0.368. The highest BCUT2D eigenvalue weighted by molar-refractivity contribution is 6.30. The normalized spacial score (nSPS) is 13.1.